The molecule has 2 rings (SSSR count). The normalized spacial score (nSPS) is 11.5. The molecule has 1 amide bonds. The predicted molar refractivity (Wildman–Crippen MR) is 90.1 cm³/mol. The molecule has 0 aliphatic carbocycles. The lowest BCUT2D eigenvalue weighted by molar-refractivity contribution is -0.122. The van der Waals surface area contributed by atoms with Crippen molar-refractivity contribution in [1.82, 2.24) is 0 Å². The quantitative estimate of drug-likeness (QED) is 0.834. The smallest absolute Gasteiger partial charge is 0.335 e. The zero-order valence-corrected chi connectivity index (χ0v) is 13.8. The average Bonchev–Trinajstić information content (AvgIpc) is 2.57. The van der Waals surface area contributed by atoms with Crippen LogP contribution in [0.3, 0.4) is 0 Å². The summed E-state index contributed by atoms with van der Waals surface area (Å²) in [7, 11) is 1.56. The Kier molecular flexibility index (Phi) is 5.65. The van der Waals surface area contributed by atoms with E-state index in [0.29, 0.717) is 11.5 Å². The Morgan fingerprint density at radius 2 is 1.75 bits per heavy atom. The van der Waals surface area contributed by atoms with Crippen molar-refractivity contribution in [3.05, 3.63) is 53.1 Å². The van der Waals surface area contributed by atoms with Gasteiger partial charge in [-0.1, -0.05) is 11.6 Å². The van der Waals surface area contributed by atoms with Crippen molar-refractivity contribution in [2.45, 2.75) is 13.0 Å². The van der Waals surface area contributed by atoms with Gasteiger partial charge in [0.1, 0.15) is 11.5 Å². The van der Waals surface area contributed by atoms with Crippen molar-refractivity contribution in [1.29, 1.82) is 0 Å². The molecule has 0 aliphatic heterocycles. The largest absolute Gasteiger partial charge is 0.497 e. The van der Waals surface area contributed by atoms with Gasteiger partial charge >= 0.3 is 5.97 Å². The molecule has 0 fully saturated rings. The first kappa shape index (κ1) is 17.6. The van der Waals surface area contributed by atoms with E-state index >= 15 is 0 Å². The minimum absolute atomic E-state index is 0.0263. The van der Waals surface area contributed by atoms with E-state index in [4.69, 9.17) is 26.2 Å². The van der Waals surface area contributed by atoms with Crippen LogP contribution in [0.15, 0.2) is 42.5 Å². The van der Waals surface area contributed by atoms with Gasteiger partial charge in [0, 0.05) is 0 Å². The van der Waals surface area contributed by atoms with Crippen molar-refractivity contribution < 1.29 is 24.2 Å². The monoisotopic (exact) mass is 349 g/mol. The SMILES string of the molecule is COc1ccc(OC(C)C(=O)Nc2cc(C(=O)O)ccc2Cl)cc1. The Morgan fingerprint density at radius 1 is 1.12 bits per heavy atom. The lowest BCUT2D eigenvalue weighted by atomic mass is 10.2. The molecule has 0 heterocycles. The second kappa shape index (κ2) is 7.70. The number of carboxylic acids is 1. The van der Waals surface area contributed by atoms with Crippen molar-refractivity contribution in [3.8, 4) is 11.5 Å². The molecule has 6 nitrogen and oxygen atoms in total. The van der Waals surface area contributed by atoms with E-state index in [1.165, 1.54) is 18.2 Å². The Hall–Kier alpha value is -2.73. The summed E-state index contributed by atoms with van der Waals surface area (Å²) in [5, 5.41) is 11.8. The van der Waals surface area contributed by atoms with E-state index in [0.717, 1.165) is 0 Å². The minimum atomic E-state index is -1.11. The summed E-state index contributed by atoms with van der Waals surface area (Å²) in [6.07, 6.45) is -0.803. The minimum Gasteiger partial charge on any atom is -0.497 e. The number of methoxy groups -OCH3 is 1. The molecule has 2 N–H and O–H groups in total. The van der Waals surface area contributed by atoms with Gasteiger partial charge in [-0.25, -0.2) is 4.79 Å². The highest BCUT2D eigenvalue weighted by Gasteiger charge is 2.17. The zero-order valence-electron chi connectivity index (χ0n) is 13.1. The highest BCUT2D eigenvalue weighted by molar-refractivity contribution is 6.33. The summed E-state index contributed by atoms with van der Waals surface area (Å²) in [5.41, 5.74) is 0.241. The van der Waals surface area contributed by atoms with E-state index < -0.39 is 18.0 Å². The first-order valence-corrected chi connectivity index (χ1v) is 7.43. The fourth-order valence-electron chi connectivity index (χ4n) is 1.90. The molecule has 0 aromatic heterocycles. The summed E-state index contributed by atoms with van der Waals surface area (Å²) < 4.78 is 10.6. The Labute approximate surface area is 144 Å². The molecule has 2 aromatic rings. The van der Waals surface area contributed by atoms with E-state index in [1.54, 1.807) is 38.3 Å². The standard InChI is InChI=1S/C17H16ClNO5/c1-10(24-13-6-4-12(23-2)5-7-13)16(20)19-15-9-11(17(21)22)3-8-14(15)18/h3-10H,1-2H3,(H,19,20)(H,21,22). The molecule has 0 radical (unpaired) electrons. The second-order valence-electron chi connectivity index (χ2n) is 4.92. The molecular weight excluding hydrogens is 334 g/mol. The number of anilines is 1. The highest BCUT2D eigenvalue weighted by Crippen LogP contribution is 2.24. The van der Waals surface area contributed by atoms with E-state index in [9.17, 15) is 9.59 Å². The lowest BCUT2D eigenvalue weighted by Gasteiger charge is -2.16. The Morgan fingerprint density at radius 3 is 2.33 bits per heavy atom. The molecular formula is C17H16ClNO5. The number of halogens is 1. The Bertz CT molecular complexity index is 745. The molecule has 1 unspecified atom stereocenters. The first-order valence-electron chi connectivity index (χ1n) is 7.05. The first-order chi connectivity index (χ1) is 11.4. The van der Waals surface area contributed by atoms with Crippen LogP contribution in [0.1, 0.15) is 17.3 Å². The molecule has 0 bridgehead atoms. The predicted octanol–water partition coefficient (Wildman–Crippen LogP) is 3.45. The van der Waals surface area contributed by atoms with Crippen LogP contribution in [0.2, 0.25) is 5.02 Å². The number of aromatic carboxylic acids is 1. The van der Waals surface area contributed by atoms with E-state index in [2.05, 4.69) is 5.32 Å². The van der Waals surface area contributed by atoms with Crippen LogP contribution >= 0.6 is 11.6 Å². The third kappa shape index (κ3) is 4.39. The van der Waals surface area contributed by atoms with Crippen molar-refractivity contribution >= 4 is 29.2 Å². The summed E-state index contributed by atoms with van der Waals surface area (Å²) in [5.74, 6) is -0.375. The zero-order chi connectivity index (χ0) is 17.7. The molecule has 0 saturated heterocycles. The van der Waals surface area contributed by atoms with Crippen LogP contribution in [0, 0.1) is 0 Å². The summed E-state index contributed by atoms with van der Waals surface area (Å²) in [6, 6.07) is 10.9. The summed E-state index contributed by atoms with van der Waals surface area (Å²) in [6.45, 7) is 1.58. The fourth-order valence-corrected chi connectivity index (χ4v) is 2.07. The Balaban J connectivity index is 2.05. The third-order valence-corrected chi connectivity index (χ3v) is 3.54. The van der Waals surface area contributed by atoms with Crippen molar-refractivity contribution in [2.24, 2.45) is 0 Å². The number of rotatable bonds is 6. The van der Waals surface area contributed by atoms with Crippen molar-refractivity contribution in [3.63, 3.8) is 0 Å². The van der Waals surface area contributed by atoms with Gasteiger partial charge in [-0.3, -0.25) is 4.79 Å². The fraction of sp³-hybridized carbons (Fsp3) is 0.176. The van der Waals surface area contributed by atoms with E-state index in [1.807, 2.05) is 0 Å². The molecule has 2 aromatic carbocycles. The van der Waals surface area contributed by atoms with Gasteiger partial charge in [0.25, 0.3) is 5.91 Å². The summed E-state index contributed by atoms with van der Waals surface area (Å²) >= 11 is 5.98. The molecule has 1 atom stereocenters. The number of hydrogen-bond acceptors (Lipinski definition) is 4. The van der Waals surface area contributed by atoms with Crippen LogP contribution < -0.4 is 14.8 Å². The number of hydrogen-bond donors (Lipinski definition) is 2. The maximum Gasteiger partial charge on any atom is 0.335 e. The number of amides is 1. The van der Waals surface area contributed by atoms with Crippen LogP contribution in [0.25, 0.3) is 0 Å². The van der Waals surface area contributed by atoms with Gasteiger partial charge < -0.3 is 19.9 Å². The van der Waals surface area contributed by atoms with Gasteiger partial charge in [-0.2, -0.15) is 0 Å². The molecule has 24 heavy (non-hydrogen) atoms. The number of carbonyl (C=O) groups is 2. The number of carbonyl (C=O) groups excluding carboxylic acids is 1. The van der Waals surface area contributed by atoms with Crippen LogP contribution in [0.4, 0.5) is 5.69 Å². The van der Waals surface area contributed by atoms with Gasteiger partial charge in [0.05, 0.1) is 23.4 Å². The third-order valence-electron chi connectivity index (χ3n) is 3.21. The topological polar surface area (TPSA) is 84.9 Å². The second-order valence-corrected chi connectivity index (χ2v) is 5.33. The number of carboxylic acid groups (broad SMARTS) is 1. The number of nitrogens with one attached hydrogen (secondary N) is 1. The van der Waals surface area contributed by atoms with Crippen molar-refractivity contribution in [2.75, 3.05) is 12.4 Å². The number of benzene rings is 2. The molecule has 0 spiro atoms. The lowest BCUT2D eigenvalue weighted by Crippen LogP contribution is -2.30. The van der Waals surface area contributed by atoms with E-state index in [-0.39, 0.29) is 16.3 Å². The molecule has 0 aliphatic rings. The maximum atomic E-state index is 12.2. The molecule has 0 saturated carbocycles. The van der Waals surface area contributed by atoms with Crippen LogP contribution in [-0.4, -0.2) is 30.2 Å². The van der Waals surface area contributed by atoms with Crippen LogP contribution in [0.5, 0.6) is 11.5 Å². The van der Waals surface area contributed by atoms with Gasteiger partial charge in [0.2, 0.25) is 0 Å². The molecule has 126 valence electrons. The average molecular weight is 350 g/mol. The van der Waals surface area contributed by atoms with Gasteiger partial charge in [-0.05, 0) is 49.4 Å². The highest BCUT2D eigenvalue weighted by atomic mass is 35.5. The molecule has 7 heteroatoms. The number of ether oxygens (including phenoxy) is 2. The maximum absolute atomic E-state index is 12.2. The summed E-state index contributed by atoms with van der Waals surface area (Å²) in [4.78, 5) is 23.2. The van der Waals surface area contributed by atoms with Gasteiger partial charge in [-0.15, -0.1) is 0 Å². The van der Waals surface area contributed by atoms with Gasteiger partial charge in [0.15, 0.2) is 6.10 Å². The van der Waals surface area contributed by atoms with Crippen LogP contribution in [-0.2, 0) is 4.79 Å².